The Morgan fingerprint density at radius 2 is 2.00 bits per heavy atom. The van der Waals surface area contributed by atoms with Gasteiger partial charge in [-0.3, -0.25) is 14.2 Å². The highest BCUT2D eigenvalue weighted by atomic mass is 16.3. The van der Waals surface area contributed by atoms with Crippen molar-refractivity contribution in [1.82, 2.24) is 14.9 Å². The van der Waals surface area contributed by atoms with E-state index in [0.717, 1.165) is 5.56 Å². The molecule has 0 fully saturated rings. The van der Waals surface area contributed by atoms with E-state index in [2.05, 4.69) is 10.3 Å². The fourth-order valence-electron chi connectivity index (χ4n) is 2.37. The first-order valence-corrected chi connectivity index (χ1v) is 7.56. The molecule has 1 amide bonds. The third-order valence-electron chi connectivity index (χ3n) is 3.61. The first-order valence-electron chi connectivity index (χ1n) is 7.56. The van der Waals surface area contributed by atoms with Gasteiger partial charge in [-0.2, -0.15) is 0 Å². The van der Waals surface area contributed by atoms with Crippen LogP contribution in [0.15, 0.2) is 64.0 Å². The van der Waals surface area contributed by atoms with Crippen molar-refractivity contribution in [2.24, 2.45) is 0 Å². The predicted molar refractivity (Wildman–Crippen MR) is 89.2 cm³/mol. The normalized spacial score (nSPS) is 10.5. The van der Waals surface area contributed by atoms with E-state index in [4.69, 9.17) is 4.42 Å². The number of aromatic nitrogens is 2. The molecule has 0 bridgehead atoms. The van der Waals surface area contributed by atoms with E-state index in [9.17, 15) is 9.59 Å². The van der Waals surface area contributed by atoms with E-state index < -0.39 is 0 Å². The Balaban J connectivity index is 1.74. The van der Waals surface area contributed by atoms with Crippen LogP contribution in [0.5, 0.6) is 0 Å². The van der Waals surface area contributed by atoms with Crippen molar-refractivity contribution in [2.75, 3.05) is 0 Å². The molecular weight excluding hydrogens is 306 g/mol. The van der Waals surface area contributed by atoms with E-state index in [-0.39, 0.29) is 24.6 Å². The highest BCUT2D eigenvalue weighted by Crippen LogP contribution is 2.14. The molecule has 6 nitrogen and oxygen atoms in total. The van der Waals surface area contributed by atoms with Crippen LogP contribution >= 0.6 is 0 Å². The average Bonchev–Trinajstić information content (AvgIpc) is 3.10. The summed E-state index contributed by atoms with van der Waals surface area (Å²) in [6.45, 7) is 1.93. The van der Waals surface area contributed by atoms with Gasteiger partial charge >= 0.3 is 0 Å². The van der Waals surface area contributed by atoms with Crippen LogP contribution in [0.3, 0.4) is 0 Å². The number of nitrogens with one attached hydrogen (secondary N) is 1. The van der Waals surface area contributed by atoms with E-state index in [1.54, 1.807) is 25.3 Å². The predicted octanol–water partition coefficient (Wildman–Crippen LogP) is 2.13. The van der Waals surface area contributed by atoms with Gasteiger partial charge in [0.1, 0.15) is 18.1 Å². The maximum Gasteiger partial charge on any atom is 0.254 e. The SMILES string of the molecule is Cc1nc(-c2ccccc2)cc(=O)n1CC(=O)NCc1ccco1. The summed E-state index contributed by atoms with van der Waals surface area (Å²) in [4.78, 5) is 28.8. The molecule has 0 aliphatic heterocycles. The molecule has 3 aromatic rings. The summed E-state index contributed by atoms with van der Waals surface area (Å²) < 4.78 is 6.50. The quantitative estimate of drug-likeness (QED) is 0.780. The van der Waals surface area contributed by atoms with Gasteiger partial charge in [0, 0.05) is 11.6 Å². The van der Waals surface area contributed by atoms with Gasteiger partial charge < -0.3 is 9.73 Å². The minimum Gasteiger partial charge on any atom is -0.467 e. The number of amides is 1. The second-order valence-electron chi connectivity index (χ2n) is 5.34. The Morgan fingerprint density at radius 3 is 2.67 bits per heavy atom. The number of hydrogen-bond donors (Lipinski definition) is 1. The minimum atomic E-state index is -0.272. The highest BCUT2D eigenvalue weighted by Gasteiger charge is 2.10. The molecule has 1 aromatic carbocycles. The van der Waals surface area contributed by atoms with E-state index in [1.165, 1.54) is 10.6 Å². The van der Waals surface area contributed by atoms with Gasteiger partial charge in [0.15, 0.2) is 0 Å². The molecule has 2 aromatic heterocycles. The second kappa shape index (κ2) is 6.95. The van der Waals surface area contributed by atoms with Gasteiger partial charge in [0.2, 0.25) is 5.91 Å². The summed E-state index contributed by atoms with van der Waals surface area (Å²) in [5, 5.41) is 2.71. The maximum absolute atomic E-state index is 12.3. The molecule has 0 aliphatic carbocycles. The van der Waals surface area contributed by atoms with Crippen molar-refractivity contribution in [1.29, 1.82) is 0 Å². The van der Waals surface area contributed by atoms with Crippen LogP contribution < -0.4 is 10.9 Å². The zero-order valence-corrected chi connectivity index (χ0v) is 13.2. The molecule has 0 saturated heterocycles. The third-order valence-corrected chi connectivity index (χ3v) is 3.61. The number of aryl methyl sites for hydroxylation is 1. The molecule has 0 saturated carbocycles. The lowest BCUT2D eigenvalue weighted by molar-refractivity contribution is -0.122. The van der Waals surface area contributed by atoms with Crippen LogP contribution in [-0.4, -0.2) is 15.5 Å². The van der Waals surface area contributed by atoms with Crippen LogP contribution in [-0.2, 0) is 17.9 Å². The molecule has 0 spiro atoms. The third kappa shape index (κ3) is 3.60. The number of carbonyl (C=O) groups is 1. The summed E-state index contributed by atoms with van der Waals surface area (Å²) in [7, 11) is 0. The molecule has 0 radical (unpaired) electrons. The first kappa shape index (κ1) is 15.7. The van der Waals surface area contributed by atoms with Gasteiger partial charge in [0.25, 0.3) is 5.56 Å². The second-order valence-corrected chi connectivity index (χ2v) is 5.34. The Bertz CT molecular complexity index is 884. The fraction of sp³-hybridized carbons (Fsp3) is 0.167. The number of hydrogen-bond acceptors (Lipinski definition) is 4. The number of rotatable bonds is 5. The number of nitrogens with zero attached hydrogens (tertiary/aromatic N) is 2. The molecule has 0 unspecified atom stereocenters. The van der Waals surface area contributed by atoms with Crippen LogP contribution in [0.4, 0.5) is 0 Å². The Hall–Kier alpha value is -3.15. The average molecular weight is 323 g/mol. The monoisotopic (exact) mass is 323 g/mol. The minimum absolute atomic E-state index is 0.0759. The standard InChI is InChI=1S/C18H17N3O3/c1-13-20-16(14-6-3-2-4-7-14)10-18(23)21(13)12-17(22)19-11-15-8-5-9-24-15/h2-10H,11-12H2,1H3,(H,19,22). The summed E-state index contributed by atoms with van der Waals surface area (Å²) in [5.41, 5.74) is 1.21. The zero-order valence-electron chi connectivity index (χ0n) is 13.2. The molecule has 6 heteroatoms. The Morgan fingerprint density at radius 1 is 1.21 bits per heavy atom. The molecule has 1 N–H and O–H groups in total. The Labute approximate surface area is 138 Å². The van der Waals surface area contributed by atoms with Crippen LogP contribution in [0.1, 0.15) is 11.6 Å². The number of furan rings is 1. The van der Waals surface area contributed by atoms with Crippen molar-refractivity contribution in [3.05, 3.63) is 76.7 Å². The van der Waals surface area contributed by atoms with Crippen molar-refractivity contribution in [3.8, 4) is 11.3 Å². The van der Waals surface area contributed by atoms with Crippen molar-refractivity contribution >= 4 is 5.91 Å². The first-order chi connectivity index (χ1) is 11.6. The lowest BCUT2D eigenvalue weighted by Crippen LogP contribution is -2.33. The number of carbonyl (C=O) groups excluding carboxylic acids is 1. The molecule has 3 rings (SSSR count). The van der Waals surface area contributed by atoms with Gasteiger partial charge in [0.05, 0.1) is 18.5 Å². The van der Waals surface area contributed by atoms with E-state index >= 15 is 0 Å². The van der Waals surface area contributed by atoms with Crippen molar-refractivity contribution < 1.29 is 9.21 Å². The zero-order chi connectivity index (χ0) is 16.9. The highest BCUT2D eigenvalue weighted by molar-refractivity contribution is 5.75. The van der Waals surface area contributed by atoms with E-state index in [1.807, 2.05) is 30.3 Å². The largest absolute Gasteiger partial charge is 0.467 e. The molecule has 24 heavy (non-hydrogen) atoms. The summed E-state index contributed by atoms with van der Waals surface area (Å²) in [6, 6.07) is 14.4. The molecule has 2 heterocycles. The van der Waals surface area contributed by atoms with Crippen LogP contribution in [0, 0.1) is 6.92 Å². The van der Waals surface area contributed by atoms with Gasteiger partial charge in [-0.05, 0) is 19.1 Å². The topological polar surface area (TPSA) is 77.1 Å². The molecule has 122 valence electrons. The van der Waals surface area contributed by atoms with Crippen molar-refractivity contribution in [3.63, 3.8) is 0 Å². The lowest BCUT2D eigenvalue weighted by Gasteiger charge is -2.11. The molecular formula is C18H17N3O3. The number of benzene rings is 1. The molecule has 0 atom stereocenters. The maximum atomic E-state index is 12.3. The summed E-state index contributed by atoms with van der Waals surface area (Å²) >= 11 is 0. The molecule has 0 aliphatic rings. The van der Waals surface area contributed by atoms with E-state index in [0.29, 0.717) is 17.3 Å². The summed E-state index contributed by atoms with van der Waals surface area (Å²) in [6.07, 6.45) is 1.54. The van der Waals surface area contributed by atoms with Crippen LogP contribution in [0.25, 0.3) is 11.3 Å². The van der Waals surface area contributed by atoms with Gasteiger partial charge in [-0.25, -0.2) is 4.98 Å². The van der Waals surface area contributed by atoms with Gasteiger partial charge in [-0.15, -0.1) is 0 Å². The van der Waals surface area contributed by atoms with Crippen LogP contribution in [0.2, 0.25) is 0 Å². The lowest BCUT2D eigenvalue weighted by atomic mass is 10.1. The smallest absolute Gasteiger partial charge is 0.254 e. The Kier molecular flexibility index (Phi) is 4.56. The van der Waals surface area contributed by atoms with Crippen molar-refractivity contribution in [2.45, 2.75) is 20.0 Å². The van der Waals surface area contributed by atoms with Gasteiger partial charge in [-0.1, -0.05) is 30.3 Å². The summed E-state index contributed by atoms with van der Waals surface area (Å²) in [5.74, 6) is 0.880. The fourth-order valence-corrected chi connectivity index (χ4v) is 2.37.